The van der Waals surface area contributed by atoms with Crippen LogP contribution in [0, 0.1) is 5.92 Å². The van der Waals surface area contributed by atoms with Crippen molar-refractivity contribution in [3.63, 3.8) is 0 Å². The van der Waals surface area contributed by atoms with E-state index in [1.165, 1.54) is 31.2 Å². The number of alkyl halides is 8. The third-order valence-electron chi connectivity index (χ3n) is 6.60. The van der Waals surface area contributed by atoms with Gasteiger partial charge < -0.3 is 9.47 Å². The molecule has 0 fully saturated rings. The summed E-state index contributed by atoms with van der Waals surface area (Å²) < 4.78 is 120. The Labute approximate surface area is 228 Å². The molecule has 40 heavy (non-hydrogen) atoms. The third-order valence-corrected chi connectivity index (χ3v) is 6.60. The topological polar surface area (TPSA) is 35.5 Å². The van der Waals surface area contributed by atoms with Gasteiger partial charge in [-0.3, -0.25) is 0 Å². The van der Waals surface area contributed by atoms with E-state index in [1.807, 2.05) is 24.3 Å². The summed E-state index contributed by atoms with van der Waals surface area (Å²) in [5, 5.41) is 0. The summed E-state index contributed by atoms with van der Waals surface area (Å²) in [5.74, 6) is -25.3. The molecule has 0 aromatic heterocycles. The van der Waals surface area contributed by atoms with E-state index in [4.69, 9.17) is 0 Å². The van der Waals surface area contributed by atoms with Crippen LogP contribution in [0.3, 0.4) is 0 Å². The largest absolute Gasteiger partial charge is 0.455 e. The predicted octanol–water partition coefficient (Wildman–Crippen LogP) is 8.85. The van der Waals surface area contributed by atoms with Crippen molar-refractivity contribution in [1.82, 2.24) is 0 Å². The van der Waals surface area contributed by atoms with E-state index in [2.05, 4.69) is 23.3 Å². The predicted molar refractivity (Wildman–Crippen MR) is 135 cm³/mol. The highest BCUT2D eigenvalue weighted by Gasteiger charge is 2.80. The van der Waals surface area contributed by atoms with Crippen LogP contribution in [-0.2, 0) is 15.9 Å². The molecular formula is C29H34F8O3. The van der Waals surface area contributed by atoms with Crippen LogP contribution >= 0.6 is 0 Å². The minimum absolute atomic E-state index is 0.107. The Bertz CT molecular complexity index is 1070. The van der Waals surface area contributed by atoms with Crippen LogP contribution in [0.15, 0.2) is 48.5 Å². The molecule has 2 aromatic rings. The number of esters is 1. The van der Waals surface area contributed by atoms with E-state index in [0.29, 0.717) is 11.5 Å². The first kappa shape index (κ1) is 33.5. The molecule has 1 unspecified atom stereocenters. The molecule has 2 rings (SSSR count). The minimum Gasteiger partial charge on any atom is -0.455 e. The van der Waals surface area contributed by atoms with Gasteiger partial charge in [0.15, 0.2) is 6.61 Å². The van der Waals surface area contributed by atoms with E-state index in [-0.39, 0.29) is 12.0 Å². The fraction of sp³-hybridized carbons (Fsp3) is 0.552. The summed E-state index contributed by atoms with van der Waals surface area (Å²) in [6.45, 7) is 0.599. The summed E-state index contributed by atoms with van der Waals surface area (Å²) in [6, 6.07) is 13.0. The highest BCUT2D eigenvalue weighted by molar-refractivity contribution is 5.90. The first-order valence-corrected chi connectivity index (χ1v) is 13.0. The molecule has 0 bridgehead atoms. The van der Waals surface area contributed by atoms with Crippen molar-refractivity contribution in [2.45, 2.75) is 76.6 Å². The quantitative estimate of drug-likeness (QED) is 0.113. The molecule has 0 aliphatic rings. The van der Waals surface area contributed by atoms with Crippen molar-refractivity contribution in [3.8, 4) is 11.1 Å². The zero-order valence-electron chi connectivity index (χ0n) is 22.6. The Morgan fingerprint density at radius 1 is 0.775 bits per heavy atom. The van der Waals surface area contributed by atoms with Crippen LogP contribution < -0.4 is 0 Å². The van der Waals surface area contributed by atoms with E-state index >= 15 is 0 Å². The molecule has 0 spiro atoms. The second kappa shape index (κ2) is 13.8. The Morgan fingerprint density at radius 2 is 1.27 bits per heavy atom. The molecule has 11 heteroatoms. The lowest BCUT2D eigenvalue weighted by Crippen LogP contribution is -2.64. The van der Waals surface area contributed by atoms with Crippen molar-refractivity contribution < 1.29 is 49.4 Å². The van der Waals surface area contributed by atoms with Gasteiger partial charge in [-0.25, -0.2) is 4.79 Å². The Morgan fingerprint density at radius 3 is 1.77 bits per heavy atom. The molecule has 2 aromatic carbocycles. The molecule has 0 aliphatic heterocycles. The van der Waals surface area contributed by atoms with Gasteiger partial charge in [-0.1, -0.05) is 70.0 Å². The molecule has 0 heterocycles. The van der Waals surface area contributed by atoms with Crippen molar-refractivity contribution >= 4 is 5.97 Å². The number of halogens is 8. The molecule has 1 atom stereocenters. The van der Waals surface area contributed by atoms with Gasteiger partial charge in [0, 0.05) is 6.61 Å². The number of benzene rings is 2. The lowest BCUT2D eigenvalue weighted by Gasteiger charge is -2.36. The summed E-state index contributed by atoms with van der Waals surface area (Å²) in [5.41, 5.74) is 2.28. The fourth-order valence-corrected chi connectivity index (χ4v) is 3.75. The first-order chi connectivity index (χ1) is 18.6. The molecule has 0 N–H and O–H groups in total. The Kier molecular flexibility index (Phi) is 11.5. The van der Waals surface area contributed by atoms with E-state index in [1.54, 1.807) is 0 Å². The Hall–Kier alpha value is -2.69. The average Bonchev–Trinajstić information content (AvgIpc) is 2.92. The molecule has 0 saturated carbocycles. The highest BCUT2D eigenvalue weighted by atomic mass is 19.4. The smallest absolute Gasteiger partial charge is 0.381 e. The van der Waals surface area contributed by atoms with Gasteiger partial charge in [0.2, 0.25) is 0 Å². The van der Waals surface area contributed by atoms with Crippen LogP contribution in [-0.4, -0.2) is 49.5 Å². The van der Waals surface area contributed by atoms with Crippen LogP contribution in [0.4, 0.5) is 35.1 Å². The lowest BCUT2D eigenvalue weighted by atomic mass is 9.97. The van der Waals surface area contributed by atoms with Gasteiger partial charge in [0.05, 0.1) is 5.56 Å². The summed E-state index contributed by atoms with van der Waals surface area (Å²) in [6.07, 6.45) is 4.35. The molecule has 0 radical (unpaired) electrons. The monoisotopic (exact) mass is 582 g/mol. The van der Waals surface area contributed by atoms with Gasteiger partial charge in [-0.05, 0) is 54.0 Å². The van der Waals surface area contributed by atoms with Gasteiger partial charge >= 0.3 is 29.7 Å². The Balaban J connectivity index is 2.02. The normalized spacial score (nSPS) is 13.8. The third kappa shape index (κ3) is 7.95. The van der Waals surface area contributed by atoms with E-state index in [0.717, 1.165) is 36.8 Å². The van der Waals surface area contributed by atoms with Crippen molar-refractivity contribution in [1.29, 1.82) is 0 Å². The molecule has 0 aliphatic carbocycles. The van der Waals surface area contributed by atoms with Crippen LogP contribution in [0.5, 0.6) is 0 Å². The minimum atomic E-state index is -6.55. The van der Waals surface area contributed by atoms with Crippen LogP contribution in [0.25, 0.3) is 11.1 Å². The highest BCUT2D eigenvalue weighted by Crippen LogP contribution is 2.52. The van der Waals surface area contributed by atoms with Gasteiger partial charge in [-0.2, -0.15) is 35.1 Å². The van der Waals surface area contributed by atoms with Crippen molar-refractivity contribution in [2.24, 2.45) is 5.92 Å². The summed E-state index contributed by atoms with van der Waals surface area (Å²) >= 11 is 0. The summed E-state index contributed by atoms with van der Waals surface area (Å²) in [4.78, 5) is 12.1. The number of rotatable bonds is 16. The number of hydrogen-bond donors (Lipinski definition) is 0. The van der Waals surface area contributed by atoms with E-state index in [9.17, 15) is 39.9 Å². The zero-order chi connectivity index (χ0) is 30.2. The molecule has 0 amide bonds. The first-order valence-electron chi connectivity index (χ1n) is 13.0. The zero-order valence-corrected chi connectivity index (χ0v) is 22.6. The van der Waals surface area contributed by atoms with Crippen LogP contribution in [0.2, 0.25) is 0 Å². The molecule has 224 valence electrons. The van der Waals surface area contributed by atoms with Crippen LogP contribution in [0.1, 0.15) is 62.4 Å². The number of aryl methyl sites for hydroxylation is 1. The second-order valence-corrected chi connectivity index (χ2v) is 9.87. The van der Waals surface area contributed by atoms with Crippen molar-refractivity contribution in [3.05, 3.63) is 59.7 Å². The standard InChI is InChI=1S/C29H34F8O3/c1-4-17-39-18-26(30,31)28(34,35)29(36,37)27(32,33)19-40-25(38)24-15-13-23(14-16-24)22-11-9-21(10-12-22)8-6-7-20(3)5-2/h9-16,20H,4-8,17-19H2,1-3H3. The number of carbonyl (C=O) groups is 1. The number of carbonyl (C=O) groups excluding carboxylic acids is 1. The SMILES string of the molecule is CCCOCC(F)(F)C(F)(F)C(F)(F)C(F)(F)COC(=O)c1ccc(-c2ccc(CCCC(C)CC)cc2)cc1. The second-order valence-electron chi connectivity index (χ2n) is 9.87. The van der Waals surface area contributed by atoms with Gasteiger partial charge in [0.25, 0.3) is 0 Å². The maximum absolute atomic E-state index is 14.1. The number of hydrogen-bond acceptors (Lipinski definition) is 3. The van der Waals surface area contributed by atoms with Crippen molar-refractivity contribution in [2.75, 3.05) is 19.8 Å². The molecule has 0 saturated heterocycles. The van der Waals surface area contributed by atoms with Gasteiger partial charge in [0.1, 0.15) is 6.61 Å². The maximum Gasteiger partial charge on any atom is 0.381 e. The maximum atomic E-state index is 14.1. The summed E-state index contributed by atoms with van der Waals surface area (Å²) in [7, 11) is 0. The molecular weight excluding hydrogens is 548 g/mol. The van der Waals surface area contributed by atoms with Gasteiger partial charge in [-0.15, -0.1) is 0 Å². The molecule has 3 nitrogen and oxygen atoms in total. The number of ether oxygens (including phenoxy) is 2. The van der Waals surface area contributed by atoms with E-state index < -0.39 is 49.5 Å². The fourth-order valence-electron chi connectivity index (χ4n) is 3.75. The lowest BCUT2D eigenvalue weighted by molar-refractivity contribution is -0.375. The average molecular weight is 583 g/mol.